The summed E-state index contributed by atoms with van der Waals surface area (Å²) in [6.45, 7) is 13.5. The maximum Gasteiger partial charge on any atom is 0.168 e. The van der Waals surface area contributed by atoms with Crippen molar-refractivity contribution in [3.8, 4) is 28.7 Å². The highest BCUT2D eigenvalue weighted by Gasteiger charge is 2.22. The number of pyridine rings is 1. The molecular weight excluding hydrogens is 601 g/mol. The summed E-state index contributed by atoms with van der Waals surface area (Å²) in [6.07, 6.45) is 4.07. The molecule has 0 radical (unpaired) electrons. The quantitative estimate of drug-likeness (QED) is 0.175. The van der Waals surface area contributed by atoms with Gasteiger partial charge in [-0.2, -0.15) is 9.13 Å². The third-order valence-electron chi connectivity index (χ3n) is 9.44. The minimum absolute atomic E-state index is 0.000549. The molecule has 0 spiro atoms. The number of para-hydroxylation sites is 3. The molecule has 0 aliphatic heterocycles. The molecule has 0 aliphatic carbocycles. The first-order valence-corrected chi connectivity index (χ1v) is 17.0. The molecule has 8 rings (SSSR count). The Balaban J connectivity index is 1.24. The molecule has 49 heavy (non-hydrogen) atoms. The SMILES string of the molecule is CC(C)(C)c1ccnc(-n2c3ccc(C(C)(C)C)cc3c3ccc(Oc4cccc(-n5[cH+]n(-c6ccccc6)c6ccccc65)c4)cc32)c1. The van der Waals surface area contributed by atoms with Gasteiger partial charge >= 0.3 is 0 Å². The number of ether oxygens (including phenoxy) is 1. The normalized spacial score (nSPS) is 12.3. The number of hydrogen-bond acceptors (Lipinski definition) is 2. The number of rotatable bonds is 5. The summed E-state index contributed by atoms with van der Waals surface area (Å²) >= 11 is 0. The van der Waals surface area contributed by atoms with Crippen molar-refractivity contribution >= 4 is 32.8 Å². The smallest absolute Gasteiger partial charge is 0.168 e. The molecule has 3 aromatic heterocycles. The van der Waals surface area contributed by atoms with Crippen molar-refractivity contribution in [3.63, 3.8) is 0 Å². The number of fused-ring (bicyclic) bond motifs is 4. The van der Waals surface area contributed by atoms with Crippen LogP contribution in [0.3, 0.4) is 0 Å². The number of nitrogens with zero attached hydrogens (tertiary/aromatic N) is 4. The zero-order valence-corrected chi connectivity index (χ0v) is 29.0. The van der Waals surface area contributed by atoms with Crippen LogP contribution in [0.4, 0.5) is 0 Å². The minimum Gasteiger partial charge on any atom is -0.456 e. The lowest BCUT2D eigenvalue weighted by molar-refractivity contribution is 0.483. The molecule has 0 amide bonds. The first-order valence-electron chi connectivity index (χ1n) is 17.0. The first-order chi connectivity index (χ1) is 23.5. The number of hydrogen-bond donors (Lipinski definition) is 0. The van der Waals surface area contributed by atoms with Crippen LogP contribution in [0.25, 0.3) is 50.0 Å². The van der Waals surface area contributed by atoms with E-state index in [4.69, 9.17) is 9.72 Å². The Kier molecular flexibility index (Phi) is 7.18. The molecule has 0 aliphatic rings. The Labute approximate surface area is 287 Å². The second kappa shape index (κ2) is 11.5. The maximum absolute atomic E-state index is 6.64. The number of imidazole rings is 1. The highest BCUT2D eigenvalue weighted by molar-refractivity contribution is 6.09. The predicted octanol–water partition coefficient (Wildman–Crippen LogP) is 11.6. The molecule has 8 aromatic rings. The third kappa shape index (κ3) is 5.55. The number of aromatic nitrogens is 4. The first kappa shape index (κ1) is 30.6. The lowest BCUT2D eigenvalue weighted by Crippen LogP contribution is -2.12. The van der Waals surface area contributed by atoms with E-state index in [2.05, 4.69) is 177 Å². The van der Waals surface area contributed by atoms with Crippen molar-refractivity contribution in [2.24, 2.45) is 0 Å². The zero-order valence-electron chi connectivity index (χ0n) is 29.0. The van der Waals surface area contributed by atoms with Crippen molar-refractivity contribution < 1.29 is 4.74 Å². The van der Waals surface area contributed by atoms with E-state index in [9.17, 15) is 0 Å². The van der Waals surface area contributed by atoms with Crippen molar-refractivity contribution in [2.45, 2.75) is 52.4 Å². The average Bonchev–Trinajstić information content (AvgIpc) is 3.64. The van der Waals surface area contributed by atoms with E-state index in [0.717, 1.165) is 50.8 Å². The molecule has 5 aromatic carbocycles. The molecule has 0 atom stereocenters. The fraction of sp³-hybridized carbons (Fsp3) is 0.182. The number of benzene rings is 5. The van der Waals surface area contributed by atoms with Crippen LogP contribution in [-0.2, 0) is 10.8 Å². The Hall–Kier alpha value is -5.68. The highest BCUT2D eigenvalue weighted by Crippen LogP contribution is 2.38. The van der Waals surface area contributed by atoms with Gasteiger partial charge in [0.2, 0.25) is 0 Å². The summed E-state index contributed by atoms with van der Waals surface area (Å²) < 4.78 is 13.4. The molecule has 0 saturated carbocycles. The molecule has 5 heteroatoms. The lowest BCUT2D eigenvalue weighted by atomic mass is 9.86. The van der Waals surface area contributed by atoms with Gasteiger partial charge in [-0.1, -0.05) is 77.9 Å². The van der Waals surface area contributed by atoms with Gasteiger partial charge in [-0.05, 0) is 88.7 Å². The fourth-order valence-electron chi connectivity index (χ4n) is 6.73. The highest BCUT2D eigenvalue weighted by atomic mass is 16.5. The third-order valence-corrected chi connectivity index (χ3v) is 9.44. The van der Waals surface area contributed by atoms with Gasteiger partial charge in [-0.25, -0.2) is 4.98 Å². The van der Waals surface area contributed by atoms with Crippen LogP contribution in [-0.4, -0.2) is 18.7 Å². The maximum atomic E-state index is 6.64. The summed E-state index contributed by atoms with van der Waals surface area (Å²) in [7, 11) is 0. The van der Waals surface area contributed by atoms with Gasteiger partial charge < -0.3 is 4.74 Å². The van der Waals surface area contributed by atoms with Crippen molar-refractivity contribution in [1.82, 2.24) is 18.7 Å². The standard InChI is InChI=1S/C44H41N4O/c1-43(2,3)30-19-22-38-37(25-30)36-21-20-35(28-41(36)48(38)42-26-31(23-24-45-42)44(4,5)6)49-34-16-12-15-33(27-34)47-29-46(32-13-8-7-9-14-32)39-17-10-11-18-40(39)47/h7-29H,1-6H3/q+1. The molecule has 0 saturated heterocycles. The van der Waals surface area contributed by atoms with E-state index >= 15 is 0 Å². The second-order valence-corrected chi connectivity index (χ2v) is 14.9. The van der Waals surface area contributed by atoms with E-state index in [1.54, 1.807) is 0 Å². The summed E-state index contributed by atoms with van der Waals surface area (Å²) in [6, 6.07) is 44.8. The Bertz CT molecular complexity index is 2490. The molecule has 0 N–H and O–H groups in total. The monoisotopic (exact) mass is 641 g/mol. The van der Waals surface area contributed by atoms with Crippen molar-refractivity contribution in [3.05, 3.63) is 151 Å². The van der Waals surface area contributed by atoms with E-state index < -0.39 is 0 Å². The topological polar surface area (TPSA) is 36.9 Å². The Morgan fingerprint density at radius 2 is 1.16 bits per heavy atom. The van der Waals surface area contributed by atoms with E-state index in [1.165, 1.54) is 21.9 Å². The van der Waals surface area contributed by atoms with Crippen LogP contribution in [0.15, 0.2) is 140 Å². The molecule has 0 unspecified atom stereocenters. The van der Waals surface area contributed by atoms with Crippen LogP contribution in [0, 0.1) is 0 Å². The molecule has 242 valence electrons. The zero-order chi connectivity index (χ0) is 33.9. The van der Waals surface area contributed by atoms with E-state index in [0.29, 0.717) is 0 Å². The van der Waals surface area contributed by atoms with Crippen LogP contribution in [0.1, 0.15) is 52.7 Å². The lowest BCUT2D eigenvalue weighted by Gasteiger charge is -2.20. The summed E-state index contributed by atoms with van der Waals surface area (Å²) in [5.74, 6) is 2.45. The Morgan fingerprint density at radius 3 is 1.90 bits per heavy atom. The van der Waals surface area contributed by atoms with Crippen LogP contribution in [0.2, 0.25) is 0 Å². The minimum atomic E-state index is 0.000549. The summed E-state index contributed by atoms with van der Waals surface area (Å²) in [5.41, 5.74) is 9.18. The average molecular weight is 642 g/mol. The van der Waals surface area contributed by atoms with Crippen LogP contribution < -0.4 is 4.74 Å². The van der Waals surface area contributed by atoms with Gasteiger partial charge in [0.1, 0.15) is 28.7 Å². The van der Waals surface area contributed by atoms with Crippen molar-refractivity contribution in [1.29, 1.82) is 0 Å². The fourth-order valence-corrected chi connectivity index (χ4v) is 6.73. The van der Waals surface area contributed by atoms with Gasteiger partial charge in [0, 0.05) is 41.2 Å². The largest absolute Gasteiger partial charge is 0.456 e. The molecule has 5 nitrogen and oxygen atoms in total. The van der Waals surface area contributed by atoms with Crippen LogP contribution >= 0.6 is 0 Å². The van der Waals surface area contributed by atoms with Crippen LogP contribution in [0.5, 0.6) is 11.5 Å². The molecule has 3 heterocycles. The van der Waals surface area contributed by atoms with Gasteiger partial charge in [-0.3, -0.25) is 4.57 Å². The summed E-state index contributed by atoms with van der Waals surface area (Å²) in [5, 5.41) is 2.39. The van der Waals surface area contributed by atoms with E-state index in [1.807, 2.05) is 18.3 Å². The van der Waals surface area contributed by atoms with Gasteiger partial charge in [0.15, 0.2) is 17.4 Å². The molecule has 0 fully saturated rings. The molecule has 0 bridgehead atoms. The predicted molar refractivity (Wildman–Crippen MR) is 203 cm³/mol. The summed E-state index contributed by atoms with van der Waals surface area (Å²) in [4.78, 5) is 4.89. The van der Waals surface area contributed by atoms with Gasteiger partial charge in [0.25, 0.3) is 0 Å². The van der Waals surface area contributed by atoms with Gasteiger partial charge in [0.05, 0.1) is 11.0 Å². The van der Waals surface area contributed by atoms with Gasteiger partial charge in [-0.15, -0.1) is 0 Å². The Morgan fingerprint density at radius 1 is 0.510 bits per heavy atom. The molecular formula is C44H41N4O+. The van der Waals surface area contributed by atoms with Crippen molar-refractivity contribution in [2.75, 3.05) is 0 Å². The second-order valence-electron chi connectivity index (χ2n) is 14.9. The van der Waals surface area contributed by atoms with E-state index in [-0.39, 0.29) is 10.8 Å².